The molecular weight excluding hydrogens is 496 g/mol. The summed E-state index contributed by atoms with van der Waals surface area (Å²) in [5, 5.41) is 0. The molecule has 196 valence electrons. The van der Waals surface area contributed by atoms with E-state index in [2.05, 4.69) is 147 Å². The van der Waals surface area contributed by atoms with Crippen LogP contribution in [0.1, 0.15) is 40.9 Å². The van der Waals surface area contributed by atoms with Crippen molar-refractivity contribution < 1.29 is 4.79 Å². The number of fused-ring (bicyclic) bond motifs is 2. The first kappa shape index (κ1) is 25.0. The number of benzene rings is 6. The van der Waals surface area contributed by atoms with Crippen molar-refractivity contribution in [2.24, 2.45) is 0 Å². The maximum absolute atomic E-state index is 14.0. The summed E-state index contributed by atoms with van der Waals surface area (Å²) in [6.45, 7) is 4.44. The molecule has 0 atom stereocenters. The van der Waals surface area contributed by atoms with E-state index in [9.17, 15) is 4.79 Å². The van der Waals surface area contributed by atoms with Crippen molar-refractivity contribution in [3.8, 4) is 44.5 Å². The van der Waals surface area contributed by atoms with Gasteiger partial charge in [0.1, 0.15) is 0 Å². The normalized spacial score (nSPS) is 13.4. The third-order valence-corrected chi connectivity index (χ3v) is 8.53. The standard InChI is InChI=1S/C40H30O/c1-40(2)37-23-21-33(31-17-13-29(14-18-31)27-9-5-3-6-10-27)25-35(37)39(41)36-26-34(22-24-38(36)40)32-19-15-30(16-20-32)28-11-7-4-8-12-28/h3-26H,1-2H3. The van der Waals surface area contributed by atoms with Gasteiger partial charge in [-0.2, -0.15) is 0 Å². The van der Waals surface area contributed by atoms with Crippen LogP contribution in [0.5, 0.6) is 0 Å². The largest absolute Gasteiger partial charge is 0.289 e. The number of hydrogen-bond donors (Lipinski definition) is 0. The summed E-state index contributed by atoms with van der Waals surface area (Å²) in [5.41, 5.74) is 12.6. The van der Waals surface area contributed by atoms with E-state index in [1.54, 1.807) is 0 Å². The zero-order valence-electron chi connectivity index (χ0n) is 23.3. The van der Waals surface area contributed by atoms with Crippen LogP contribution < -0.4 is 0 Å². The highest BCUT2D eigenvalue weighted by atomic mass is 16.1. The number of rotatable bonds is 4. The molecule has 0 unspecified atom stereocenters. The summed E-state index contributed by atoms with van der Waals surface area (Å²) in [6, 6.07) is 50.8. The maximum Gasteiger partial charge on any atom is 0.193 e. The fraction of sp³-hybridized carbons (Fsp3) is 0.0750. The van der Waals surface area contributed by atoms with Crippen molar-refractivity contribution in [2.75, 3.05) is 0 Å². The van der Waals surface area contributed by atoms with Crippen LogP contribution in [0.4, 0.5) is 0 Å². The van der Waals surface area contributed by atoms with E-state index in [1.807, 2.05) is 12.1 Å². The van der Waals surface area contributed by atoms with Crippen molar-refractivity contribution >= 4 is 5.78 Å². The van der Waals surface area contributed by atoms with Gasteiger partial charge in [0.15, 0.2) is 5.78 Å². The molecule has 1 nitrogen and oxygen atoms in total. The summed E-state index contributed by atoms with van der Waals surface area (Å²) in [6.07, 6.45) is 0. The van der Waals surface area contributed by atoms with E-state index >= 15 is 0 Å². The molecule has 0 saturated carbocycles. The van der Waals surface area contributed by atoms with Gasteiger partial charge in [-0.1, -0.05) is 147 Å². The van der Waals surface area contributed by atoms with Gasteiger partial charge < -0.3 is 0 Å². The first-order chi connectivity index (χ1) is 20.0. The monoisotopic (exact) mass is 526 g/mol. The van der Waals surface area contributed by atoms with Crippen molar-refractivity contribution in [1.29, 1.82) is 0 Å². The van der Waals surface area contributed by atoms with E-state index < -0.39 is 0 Å². The van der Waals surface area contributed by atoms with Crippen LogP contribution in [-0.2, 0) is 5.41 Å². The fourth-order valence-electron chi connectivity index (χ4n) is 6.17. The van der Waals surface area contributed by atoms with Gasteiger partial charge in [-0.3, -0.25) is 4.79 Å². The molecule has 0 bridgehead atoms. The smallest absolute Gasteiger partial charge is 0.193 e. The van der Waals surface area contributed by atoms with Crippen molar-refractivity contribution in [3.63, 3.8) is 0 Å². The first-order valence-corrected chi connectivity index (χ1v) is 14.1. The minimum atomic E-state index is -0.274. The summed E-state index contributed by atoms with van der Waals surface area (Å²) >= 11 is 0. The van der Waals surface area contributed by atoms with Crippen molar-refractivity contribution in [2.45, 2.75) is 19.3 Å². The summed E-state index contributed by atoms with van der Waals surface area (Å²) < 4.78 is 0. The molecule has 0 spiro atoms. The van der Waals surface area contributed by atoms with Crippen LogP contribution in [0.25, 0.3) is 44.5 Å². The van der Waals surface area contributed by atoms with E-state index in [-0.39, 0.29) is 11.2 Å². The van der Waals surface area contributed by atoms with Gasteiger partial charge in [-0.05, 0) is 67.8 Å². The molecule has 0 heterocycles. The van der Waals surface area contributed by atoms with Gasteiger partial charge >= 0.3 is 0 Å². The van der Waals surface area contributed by atoms with Gasteiger partial charge in [-0.25, -0.2) is 0 Å². The molecule has 7 rings (SSSR count). The molecule has 0 aliphatic heterocycles. The summed E-state index contributed by atoms with van der Waals surface area (Å²) in [5.74, 6) is 0.0971. The second-order valence-electron chi connectivity index (χ2n) is 11.4. The molecule has 1 aliphatic carbocycles. The predicted octanol–water partition coefficient (Wildman–Crippen LogP) is 10.2. The summed E-state index contributed by atoms with van der Waals surface area (Å²) in [7, 11) is 0. The zero-order chi connectivity index (χ0) is 28.0. The topological polar surface area (TPSA) is 17.1 Å². The van der Waals surface area contributed by atoms with E-state index in [0.29, 0.717) is 0 Å². The van der Waals surface area contributed by atoms with Crippen LogP contribution in [-0.4, -0.2) is 5.78 Å². The molecule has 0 radical (unpaired) electrons. The number of ketones is 1. The fourth-order valence-corrected chi connectivity index (χ4v) is 6.17. The van der Waals surface area contributed by atoms with Gasteiger partial charge in [-0.15, -0.1) is 0 Å². The summed E-state index contributed by atoms with van der Waals surface area (Å²) in [4.78, 5) is 14.0. The highest BCUT2D eigenvalue weighted by Gasteiger charge is 2.37. The Hall–Kier alpha value is -5.01. The Morgan fingerprint density at radius 3 is 1.02 bits per heavy atom. The number of hydrogen-bond acceptors (Lipinski definition) is 1. The third-order valence-electron chi connectivity index (χ3n) is 8.53. The van der Waals surface area contributed by atoms with E-state index in [0.717, 1.165) is 44.5 Å². The lowest BCUT2D eigenvalue weighted by Crippen LogP contribution is -2.30. The molecule has 0 N–H and O–H groups in total. The van der Waals surface area contributed by atoms with E-state index in [1.165, 1.54) is 22.3 Å². The lowest BCUT2D eigenvalue weighted by Gasteiger charge is -2.35. The molecule has 1 heteroatoms. The molecule has 6 aromatic carbocycles. The molecule has 1 aliphatic rings. The minimum absolute atomic E-state index is 0.0971. The lowest BCUT2D eigenvalue weighted by molar-refractivity contribution is 0.103. The van der Waals surface area contributed by atoms with Crippen LogP contribution in [0.15, 0.2) is 146 Å². The molecule has 41 heavy (non-hydrogen) atoms. The highest BCUT2D eigenvalue weighted by molar-refractivity contribution is 6.14. The zero-order valence-corrected chi connectivity index (χ0v) is 23.3. The Bertz CT molecular complexity index is 1740. The van der Waals surface area contributed by atoms with Gasteiger partial charge in [0.05, 0.1) is 0 Å². The Labute approximate surface area is 241 Å². The Morgan fingerprint density at radius 1 is 0.366 bits per heavy atom. The molecule has 0 aromatic heterocycles. The molecule has 0 amide bonds. The SMILES string of the molecule is CC1(C)c2ccc(-c3ccc(-c4ccccc4)cc3)cc2C(=O)c2cc(-c3ccc(-c4ccccc4)cc3)ccc21. The second kappa shape index (κ2) is 9.87. The first-order valence-electron chi connectivity index (χ1n) is 14.1. The molecular formula is C40H30O. The quantitative estimate of drug-likeness (QED) is 0.223. The average Bonchev–Trinajstić information content (AvgIpc) is 3.04. The Morgan fingerprint density at radius 2 is 0.659 bits per heavy atom. The molecule has 0 saturated heterocycles. The van der Waals surface area contributed by atoms with Crippen LogP contribution in [0, 0.1) is 0 Å². The van der Waals surface area contributed by atoms with Crippen molar-refractivity contribution in [3.05, 3.63) is 168 Å². The third kappa shape index (κ3) is 4.40. The highest BCUT2D eigenvalue weighted by Crippen LogP contribution is 2.43. The van der Waals surface area contributed by atoms with Crippen LogP contribution >= 0.6 is 0 Å². The lowest BCUT2D eigenvalue weighted by atomic mass is 9.67. The van der Waals surface area contributed by atoms with Crippen LogP contribution in [0.2, 0.25) is 0 Å². The van der Waals surface area contributed by atoms with Gasteiger partial charge in [0, 0.05) is 16.5 Å². The Kier molecular flexibility index (Phi) is 6.02. The van der Waals surface area contributed by atoms with Crippen LogP contribution in [0.3, 0.4) is 0 Å². The van der Waals surface area contributed by atoms with Gasteiger partial charge in [0.2, 0.25) is 0 Å². The minimum Gasteiger partial charge on any atom is -0.289 e. The molecule has 6 aromatic rings. The number of carbonyl (C=O) groups is 1. The van der Waals surface area contributed by atoms with Gasteiger partial charge in [0.25, 0.3) is 0 Å². The second-order valence-corrected chi connectivity index (χ2v) is 11.4. The average molecular weight is 527 g/mol. The number of carbonyl (C=O) groups excluding carboxylic acids is 1. The van der Waals surface area contributed by atoms with Crippen molar-refractivity contribution in [1.82, 2.24) is 0 Å². The predicted molar refractivity (Wildman–Crippen MR) is 170 cm³/mol. The maximum atomic E-state index is 14.0. The molecule has 0 fully saturated rings. The Balaban J connectivity index is 1.23. The van der Waals surface area contributed by atoms with E-state index in [4.69, 9.17) is 0 Å².